The molecule has 11 heteroatoms. The Labute approximate surface area is 186 Å². The summed E-state index contributed by atoms with van der Waals surface area (Å²) in [6.45, 7) is 4.49. The molecule has 0 radical (unpaired) electrons. The molecule has 0 bridgehead atoms. The van der Waals surface area contributed by atoms with Crippen LogP contribution < -0.4 is 21.5 Å². The summed E-state index contributed by atoms with van der Waals surface area (Å²) in [7, 11) is -1.72. The van der Waals surface area contributed by atoms with Gasteiger partial charge in [0, 0.05) is 19.7 Å². The van der Waals surface area contributed by atoms with Crippen LogP contribution in [0.4, 0.5) is 17.1 Å². The van der Waals surface area contributed by atoms with Gasteiger partial charge >= 0.3 is 0 Å². The molecule has 3 N–H and O–H groups in total. The van der Waals surface area contributed by atoms with Crippen molar-refractivity contribution in [3.8, 4) is 5.75 Å². The van der Waals surface area contributed by atoms with Gasteiger partial charge in [0.15, 0.2) is 5.75 Å². The SMILES string of the molecule is CCOCC(C)Nc1c(Nc2ccc(C3CCC3)c(S(=O)(=O)N(C)OC)c2O)c(=O)c1=O. The second-order valence-electron chi connectivity index (χ2n) is 7.84. The van der Waals surface area contributed by atoms with E-state index in [-0.39, 0.29) is 33.9 Å². The smallest absolute Gasteiger partial charge is 0.268 e. The van der Waals surface area contributed by atoms with Crippen LogP contribution in [0.25, 0.3) is 0 Å². The number of phenols is 1. The number of ether oxygens (including phenoxy) is 1. The minimum Gasteiger partial charge on any atom is -0.504 e. The first-order valence-corrected chi connectivity index (χ1v) is 11.9. The van der Waals surface area contributed by atoms with Crippen LogP contribution in [0.15, 0.2) is 26.6 Å². The summed E-state index contributed by atoms with van der Waals surface area (Å²) < 4.78 is 32.1. The van der Waals surface area contributed by atoms with E-state index in [4.69, 9.17) is 9.57 Å². The van der Waals surface area contributed by atoms with Gasteiger partial charge in [-0.05, 0) is 44.2 Å². The highest BCUT2D eigenvalue weighted by Crippen LogP contribution is 2.45. The second kappa shape index (κ2) is 9.57. The number of sulfonamides is 1. The fourth-order valence-electron chi connectivity index (χ4n) is 3.59. The molecular formula is C21H29N3O7S. The second-order valence-corrected chi connectivity index (χ2v) is 9.72. The summed E-state index contributed by atoms with van der Waals surface area (Å²) in [5.74, 6) is -0.521. The van der Waals surface area contributed by atoms with Crippen LogP contribution in [0.3, 0.4) is 0 Å². The van der Waals surface area contributed by atoms with Crippen molar-refractivity contribution in [1.82, 2.24) is 4.47 Å². The van der Waals surface area contributed by atoms with Gasteiger partial charge in [0.1, 0.15) is 16.3 Å². The average molecular weight is 468 g/mol. The van der Waals surface area contributed by atoms with Crippen LogP contribution in [0, 0.1) is 0 Å². The molecule has 0 spiro atoms. The maximum absolute atomic E-state index is 13.1. The summed E-state index contributed by atoms with van der Waals surface area (Å²) >= 11 is 0. The fraction of sp³-hybridized carbons (Fsp3) is 0.524. The summed E-state index contributed by atoms with van der Waals surface area (Å²) in [5.41, 5.74) is -0.900. The maximum Gasteiger partial charge on any atom is 0.268 e. The van der Waals surface area contributed by atoms with Crippen LogP contribution in [0.5, 0.6) is 5.75 Å². The molecule has 2 aromatic carbocycles. The lowest BCUT2D eigenvalue weighted by molar-refractivity contribution is -0.0260. The Morgan fingerprint density at radius 2 is 1.88 bits per heavy atom. The third-order valence-electron chi connectivity index (χ3n) is 5.69. The number of nitrogens with zero attached hydrogens (tertiary/aromatic N) is 1. The van der Waals surface area contributed by atoms with Crippen molar-refractivity contribution < 1.29 is 23.1 Å². The van der Waals surface area contributed by atoms with E-state index in [0.717, 1.165) is 19.3 Å². The Bertz CT molecular complexity index is 1150. The van der Waals surface area contributed by atoms with Gasteiger partial charge in [-0.25, -0.2) is 8.42 Å². The monoisotopic (exact) mass is 467 g/mol. The van der Waals surface area contributed by atoms with Gasteiger partial charge in [0.2, 0.25) is 0 Å². The molecule has 32 heavy (non-hydrogen) atoms. The Balaban J connectivity index is 1.99. The number of nitrogens with one attached hydrogen (secondary N) is 2. The summed E-state index contributed by atoms with van der Waals surface area (Å²) in [4.78, 5) is 28.9. The molecule has 10 nitrogen and oxygen atoms in total. The Morgan fingerprint density at radius 1 is 1.22 bits per heavy atom. The van der Waals surface area contributed by atoms with Gasteiger partial charge in [-0.2, -0.15) is 0 Å². The van der Waals surface area contributed by atoms with E-state index in [0.29, 0.717) is 23.2 Å². The molecule has 0 aliphatic heterocycles. The van der Waals surface area contributed by atoms with E-state index in [9.17, 15) is 23.1 Å². The van der Waals surface area contributed by atoms with Crippen molar-refractivity contribution >= 4 is 27.1 Å². The third-order valence-corrected chi connectivity index (χ3v) is 7.46. The molecule has 1 aliphatic rings. The molecular weight excluding hydrogens is 438 g/mol. The van der Waals surface area contributed by atoms with Gasteiger partial charge in [-0.1, -0.05) is 17.0 Å². The lowest BCUT2D eigenvalue weighted by Gasteiger charge is -2.29. The molecule has 1 saturated carbocycles. The van der Waals surface area contributed by atoms with Gasteiger partial charge in [-0.15, -0.1) is 0 Å². The largest absolute Gasteiger partial charge is 0.504 e. The van der Waals surface area contributed by atoms with Gasteiger partial charge in [0.05, 0.1) is 19.4 Å². The van der Waals surface area contributed by atoms with E-state index in [2.05, 4.69) is 10.6 Å². The standard InChI is InChI=1S/C21H29N3O7S/c1-5-31-11-12(2)22-16-17(20(27)19(16)26)23-15-10-9-14(13-7-6-8-13)21(18(15)25)32(28,29)24(3)30-4/h9-10,12-13,22-23,25H,5-8,11H2,1-4H3. The normalized spacial score (nSPS) is 15.7. The van der Waals surface area contributed by atoms with E-state index >= 15 is 0 Å². The molecule has 1 fully saturated rings. The number of hydrogen-bond acceptors (Lipinski definition) is 9. The molecule has 0 heterocycles. The molecule has 0 saturated heterocycles. The third kappa shape index (κ3) is 4.38. The lowest BCUT2D eigenvalue weighted by atomic mass is 9.80. The van der Waals surface area contributed by atoms with Crippen LogP contribution in [-0.4, -0.2) is 51.4 Å². The molecule has 3 rings (SSSR count). The highest BCUT2D eigenvalue weighted by molar-refractivity contribution is 7.89. The molecule has 0 aromatic heterocycles. The van der Waals surface area contributed by atoms with Crippen LogP contribution >= 0.6 is 0 Å². The highest BCUT2D eigenvalue weighted by Gasteiger charge is 2.35. The van der Waals surface area contributed by atoms with E-state index < -0.39 is 26.6 Å². The zero-order valence-corrected chi connectivity index (χ0v) is 19.4. The van der Waals surface area contributed by atoms with Gasteiger partial charge in [-0.3, -0.25) is 14.4 Å². The van der Waals surface area contributed by atoms with Crippen molar-refractivity contribution in [1.29, 1.82) is 0 Å². The fourth-order valence-corrected chi connectivity index (χ4v) is 4.93. The molecule has 2 aromatic rings. The number of hydroxylamine groups is 1. The van der Waals surface area contributed by atoms with Crippen LogP contribution in [0.2, 0.25) is 0 Å². The van der Waals surface area contributed by atoms with Gasteiger partial charge in [0.25, 0.3) is 20.9 Å². The maximum atomic E-state index is 13.1. The van der Waals surface area contributed by atoms with Crippen molar-refractivity contribution in [3.63, 3.8) is 0 Å². The van der Waals surface area contributed by atoms with Crippen molar-refractivity contribution in [2.75, 3.05) is 38.0 Å². The molecule has 1 aliphatic carbocycles. The minimum atomic E-state index is -4.16. The first kappa shape index (κ1) is 24.2. The summed E-state index contributed by atoms with van der Waals surface area (Å²) in [6, 6.07) is 2.90. The van der Waals surface area contributed by atoms with Crippen LogP contribution in [-0.2, 0) is 19.6 Å². The predicted octanol–water partition coefficient (Wildman–Crippen LogP) is 2.02. The number of rotatable bonds is 11. The number of anilines is 3. The summed E-state index contributed by atoms with van der Waals surface area (Å²) in [6.07, 6.45) is 2.61. The average Bonchev–Trinajstić information content (AvgIpc) is 2.73. The number of hydrogen-bond donors (Lipinski definition) is 3. The highest BCUT2D eigenvalue weighted by atomic mass is 32.2. The Morgan fingerprint density at radius 3 is 2.44 bits per heavy atom. The minimum absolute atomic E-state index is 0.00348. The molecule has 1 atom stereocenters. The zero-order chi connectivity index (χ0) is 23.6. The van der Waals surface area contributed by atoms with Crippen molar-refractivity contribution in [2.24, 2.45) is 0 Å². The number of phenolic OH excluding ortho intramolecular Hbond substituents is 1. The van der Waals surface area contributed by atoms with E-state index in [1.807, 2.05) is 6.92 Å². The topological polar surface area (TPSA) is 134 Å². The first-order chi connectivity index (χ1) is 15.1. The number of aromatic hydroxyl groups is 1. The summed E-state index contributed by atoms with van der Waals surface area (Å²) in [5, 5.41) is 16.6. The van der Waals surface area contributed by atoms with Crippen molar-refractivity contribution in [3.05, 3.63) is 38.1 Å². The Hall–Kier alpha value is -2.47. The van der Waals surface area contributed by atoms with E-state index in [1.54, 1.807) is 13.0 Å². The van der Waals surface area contributed by atoms with E-state index in [1.165, 1.54) is 20.2 Å². The van der Waals surface area contributed by atoms with Crippen LogP contribution in [0.1, 0.15) is 44.6 Å². The quantitative estimate of drug-likeness (QED) is 0.258. The van der Waals surface area contributed by atoms with Crippen molar-refractivity contribution in [2.45, 2.75) is 50.0 Å². The first-order valence-electron chi connectivity index (χ1n) is 10.5. The molecule has 1 unspecified atom stereocenters. The predicted molar refractivity (Wildman–Crippen MR) is 121 cm³/mol. The lowest BCUT2D eigenvalue weighted by Crippen LogP contribution is -2.39. The molecule has 176 valence electrons. The Kier molecular flexibility index (Phi) is 7.23. The zero-order valence-electron chi connectivity index (χ0n) is 18.6. The number of benzene rings is 1. The van der Waals surface area contributed by atoms with Gasteiger partial charge < -0.3 is 20.5 Å². The molecule has 0 amide bonds.